The van der Waals surface area contributed by atoms with Gasteiger partial charge < -0.3 is 11.1 Å². The summed E-state index contributed by atoms with van der Waals surface area (Å²) in [7, 11) is 0. The first-order chi connectivity index (χ1) is 9.56. The zero-order valence-electron chi connectivity index (χ0n) is 11.1. The number of hydrogen-bond acceptors (Lipinski definition) is 3. The van der Waals surface area contributed by atoms with Crippen molar-refractivity contribution in [2.24, 2.45) is 5.73 Å². The summed E-state index contributed by atoms with van der Waals surface area (Å²) in [5, 5.41) is 2.76. The van der Waals surface area contributed by atoms with Crippen molar-refractivity contribution in [1.29, 1.82) is 0 Å². The molecule has 0 fully saturated rings. The highest BCUT2D eigenvalue weighted by Gasteiger charge is 2.15. The molecular weight excluding hydrogens is 318 g/mol. The van der Waals surface area contributed by atoms with Gasteiger partial charge in [0.05, 0.1) is 6.04 Å². The van der Waals surface area contributed by atoms with Gasteiger partial charge in [-0.05, 0) is 46.5 Å². The summed E-state index contributed by atoms with van der Waals surface area (Å²) in [5.41, 5.74) is 7.85. The van der Waals surface area contributed by atoms with Gasteiger partial charge in [0.1, 0.15) is 5.82 Å². The summed E-state index contributed by atoms with van der Waals surface area (Å²) in [6.07, 6.45) is 2.15. The van der Waals surface area contributed by atoms with Crippen molar-refractivity contribution in [1.82, 2.24) is 4.98 Å². The molecule has 1 heterocycles. The van der Waals surface area contributed by atoms with Crippen LogP contribution in [0.3, 0.4) is 0 Å². The summed E-state index contributed by atoms with van der Waals surface area (Å²) in [6.45, 7) is 1.89. The molecule has 3 N–H and O–H groups in total. The quantitative estimate of drug-likeness (QED) is 0.903. The highest BCUT2D eigenvalue weighted by Crippen LogP contribution is 2.17. The van der Waals surface area contributed by atoms with E-state index in [1.54, 1.807) is 6.20 Å². The Morgan fingerprint density at radius 2 is 2.10 bits per heavy atom. The van der Waals surface area contributed by atoms with Crippen molar-refractivity contribution in [2.75, 3.05) is 5.32 Å². The van der Waals surface area contributed by atoms with Crippen LogP contribution in [0.5, 0.6) is 0 Å². The first-order valence-electron chi connectivity index (χ1n) is 6.29. The van der Waals surface area contributed by atoms with E-state index < -0.39 is 6.04 Å². The number of carbonyl (C=O) groups excluding carboxylic acids is 1. The standard InChI is InChI=1S/C15H16BrN3O/c1-10-7-12(16)9-18-14(10)19-15(20)13(17)8-11-5-3-2-4-6-11/h2-7,9,13H,8,17H2,1H3,(H,18,19,20)/t13-/m0/s1. The first kappa shape index (κ1) is 14.7. The van der Waals surface area contributed by atoms with Gasteiger partial charge in [0, 0.05) is 10.7 Å². The number of nitrogens with zero attached hydrogens (tertiary/aromatic N) is 1. The van der Waals surface area contributed by atoms with E-state index in [1.807, 2.05) is 43.3 Å². The Balaban J connectivity index is 2.01. The van der Waals surface area contributed by atoms with E-state index in [-0.39, 0.29) is 5.91 Å². The van der Waals surface area contributed by atoms with Crippen molar-refractivity contribution in [3.63, 3.8) is 0 Å². The van der Waals surface area contributed by atoms with Crippen LogP contribution in [-0.4, -0.2) is 16.9 Å². The summed E-state index contributed by atoms with van der Waals surface area (Å²) in [6, 6.07) is 11.0. The number of amides is 1. The van der Waals surface area contributed by atoms with E-state index in [0.717, 1.165) is 15.6 Å². The lowest BCUT2D eigenvalue weighted by Gasteiger charge is -2.13. The molecule has 0 saturated carbocycles. The van der Waals surface area contributed by atoms with Crippen LogP contribution in [0.1, 0.15) is 11.1 Å². The molecule has 1 aromatic heterocycles. The zero-order valence-corrected chi connectivity index (χ0v) is 12.7. The minimum Gasteiger partial charge on any atom is -0.320 e. The van der Waals surface area contributed by atoms with Crippen LogP contribution in [-0.2, 0) is 11.2 Å². The molecule has 0 aliphatic carbocycles. The number of benzene rings is 1. The van der Waals surface area contributed by atoms with E-state index in [0.29, 0.717) is 12.2 Å². The lowest BCUT2D eigenvalue weighted by Crippen LogP contribution is -2.37. The normalized spacial score (nSPS) is 11.9. The van der Waals surface area contributed by atoms with Gasteiger partial charge in [-0.15, -0.1) is 0 Å². The van der Waals surface area contributed by atoms with Crippen molar-refractivity contribution in [2.45, 2.75) is 19.4 Å². The van der Waals surface area contributed by atoms with E-state index >= 15 is 0 Å². The molecule has 2 rings (SSSR count). The molecule has 0 radical (unpaired) electrons. The number of aromatic nitrogens is 1. The molecule has 0 spiro atoms. The third-order valence-electron chi connectivity index (χ3n) is 2.92. The van der Waals surface area contributed by atoms with Gasteiger partial charge in [-0.25, -0.2) is 4.98 Å². The summed E-state index contributed by atoms with van der Waals surface area (Å²) in [5.74, 6) is 0.313. The Bertz CT molecular complexity index is 601. The molecule has 5 heteroatoms. The number of pyridine rings is 1. The van der Waals surface area contributed by atoms with Crippen molar-refractivity contribution >= 4 is 27.7 Å². The van der Waals surface area contributed by atoms with Crippen LogP contribution in [0.25, 0.3) is 0 Å². The molecule has 20 heavy (non-hydrogen) atoms. The third-order valence-corrected chi connectivity index (χ3v) is 3.36. The second-order valence-electron chi connectivity index (χ2n) is 4.60. The first-order valence-corrected chi connectivity index (χ1v) is 7.08. The van der Waals surface area contributed by atoms with Crippen LogP contribution in [0.15, 0.2) is 47.1 Å². The van der Waals surface area contributed by atoms with E-state index in [1.165, 1.54) is 0 Å². The lowest BCUT2D eigenvalue weighted by atomic mass is 10.1. The molecule has 4 nitrogen and oxygen atoms in total. The van der Waals surface area contributed by atoms with Crippen LogP contribution in [0.2, 0.25) is 0 Å². The largest absolute Gasteiger partial charge is 0.320 e. The summed E-state index contributed by atoms with van der Waals surface area (Å²) < 4.78 is 0.876. The maximum Gasteiger partial charge on any atom is 0.242 e. The summed E-state index contributed by atoms with van der Waals surface area (Å²) >= 11 is 3.34. The van der Waals surface area contributed by atoms with Crippen molar-refractivity contribution in [3.05, 3.63) is 58.2 Å². The maximum absolute atomic E-state index is 12.1. The van der Waals surface area contributed by atoms with Gasteiger partial charge >= 0.3 is 0 Å². The van der Waals surface area contributed by atoms with Crippen molar-refractivity contribution < 1.29 is 4.79 Å². The van der Waals surface area contributed by atoms with E-state index in [2.05, 4.69) is 26.2 Å². The number of halogens is 1. The van der Waals surface area contributed by atoms with Gasteiger partial charge in [-0.1, -0.05) is 30.3 Å². The minimum atomic E-state index is -0.595. The fourth-order valence-corrected chi connectivity index (χ4v) is 2.29. The average Bonchev–Trinajstić information content (AvgIpc) is 2.43. The number of nitrogens with one attached hydrogen (secondary N) is 1. The Hall–Kier alpha value is -1.72. The molecule has 104 valence electrons. The molecule has 0 aliphatic rings. The molecule has 0 saturated heterocycles. The fourth-order valence-electron chi connectivity index (χ4n) is 1.84. The number of nitrogens with two attached hydrogens (primary N) is 1. The fraction of sp³-hybridized carbons (Fsp3) is 0.200. The molecule has 0 unspecified atom stereocenters. The van der Waals surface area contributed by atoms with Crippen LogP contribution in [0.4, 0.5) is 5.82 Å². The predicted octanol–water partition coefficient (Wildman–Crippen LogP) is 2.66. The monoisotopic (exact) mass is 333 g/mol. The number of rotatable bonds is 4. The van der Waals surface area contributed by atoms with Gasteiger partial charge in [0.2, 0.25) is 5.91 Å². The van der Waals surface area contributed by atoms with Crippen LogP contribution >= 0.6 is 15.9 Å². The van der Waals surface area contributed by atoms with Gasteiger partial charge in [-0.2, -0.15) is 0 Å². The highest BCUT2D eigenvalue weighted by atomic mass is 79.9. The zero-order chi connectivity index (χ0) is 14.5. The predicted molar refractivity (Wildman–Crippen MR) is 83.4 cm³/mol. The number of hydrogen-bond donors (Lipinski definition) is 2. The Morgan fingerprint density at radius 1 is 1.40 bits per heavy atom. The number of anilines is 1. The number of aryl methyl sites for hydroxylation is 1. The smallest absolute Gasteiger partial charge is 0.242 e. The average molecular weight is 334 g/mol. The SMILES string of the molecule is Cc1cc(Br)cnc1NC(=O)[C@@H](N)Cc1ccccc1. The number of carbonyl (C=O) groups is 1. The second kappa shape index (κ2) is 6.63. The maximum atomic E-state index is 12.1. The van der Waals surface area contributed by atoms with Crippen molar-refractivity contribution in [3.8, 4) is 0 Å². The molecule has 1 atom stereocenters. The lowest BCUT2D eigenvalue weighted by molar-refractivity contribution is -0.117. The van der Waals surface area contributed by atoms with E-state index in [9.17, 15) is 4.79 Å². The topological polar surface area (TPSA) is 68.0 Å². The molecular formula is C15H16BrN3O. The highest BCUT2D eigenvalue weighted by molar-refractivity contribution is 9.10. The Labute approximate surface area is 126 Å². The summed E-state index contributed by atoms with van der Waals surface area (Å²) in [4.78, 5) is 16.2. The Morgan fingerprint density at radius 3 is 2.75 bits per heavy atom. The van der Waals surface area contributed by atoms with Gasteiger partial charge in [-0.3, -0.25) is 4.79 Å². The third kappa shape index (κ3) is 3.88. The van der Waals surface area contributed by atoms with Crippen LogP contribution in [0, 0.1) is 6.92 Å². The molecule has 1 aromatic carbocycles. The molecule has 0 bridgehead atoms. The van der Waals surface area contributed by atoms with Crippen LogP contribution < -0.4 is 11.1 Å². The van der Waals surface area contributed by atoms with Gasteiger partial charge in [0.25, 0.3) is 0 Å². The van der Waals surface area contributed by atoms with E-state index in [4.69, 9.17) is 5.73 Å². The molecule has 0 aliphatic heterocycles. The molecule has 1 amide bonds. The molecule has 2 aromatic rings. The Kier molecular flexibility index (Phi) is 4.87. The van der Waals surface area contributed by atoms with Gasteiger partial charge in [0.15, 0.2) is 0 Å². The second-order valence-corrected chi connectivity index (χ2v) is 5.52. The minimum absolute atomic E-state index is 0.230.